The van der Waals surface area contributed by atoms with Crippen LogP contribution in [0.2, 0.25) is 5.02 Å². The Labute approximate surface area is 81.9 Å². The lowest BCUT2D eigenvalue weighted by molar-refractivity contribution is 0.150. The van der Waals surface area contributed by atoms with E-state index in [-0.39, 0.29) is 0 Å². The molecule has 1 aromatic carbocycles. The van der Waals surface area contributed by atoms with Crippen molar-refractivity contribution in [1.82, 2.24) is 0 Å². The monoisotopic (exact) mass is 204 g/mol. The van der Waals surface area contributed by atoms with Gasteiger partial charge in [0.25, 0.3) is 0 Å². The van der Waals surface area contributed by atoms with E-state index in [0.717, 1.165) is 5.56 Å². The highest BCUT2D eigenvalue weighted by atomic mass is 35.5. The van der Waals surface area contributed by atoms with E-state index < -0.39 is 5.06 Å². The minimum atomic E-state index is -1.19. The summed E-state index contributed by atoms with van der Waals surface area (Å²) in [5, 5.41) is 8.76. The third-order valence-corrected chi connectivity index (χ3v) is 1.78. The number of benzene rings is 1. The van der Waals surface area contributed by atoms with Crippen molar-refractivity contribution in [2.45, 2.75) is 18.4 Å². The fourth-order valence-electron chi connectivity index (χ4n) is 1.02. The topological polar surface area (TPSA) is 20.2 Å². The Kier molecular flexibility index (Phi) is 2.99. The number of rotatable bonds is 2. The number of alkyl halides is 1. The molecule has 0 saturated heterocycles. The van der Waals surface area contributed by atoms with Crippen molar-refractivity contribution in [3.63, 3.8) is 0 Å². The zero-order valence-corrected chi connectivity index (χ0v) is 8.23. The van der Waals surface area contributed by atoms with Gasteiger partial charge in [0.2, 0.25) is 0 Å². The second-order valence-corrected chi connectivity index (χ2v) is 4.20. The molecule has 0 bridgehead atoms. The molecule has 0 fully saturated rings. The van der Waals surface area contributed by atoms with Crippen LogP contribution in [0.1, 0.15) is 12.5 Å². The second-order valence-electron chi connectivity index (χ2n) is 2.95. The molecule has 1 N–H and O–H groups in total. The molecule has 0 aliphatic rings. The van der Waals surface area contributed by atoms with Gasteiger partial charge in [-0.1, -0.05) is 35.3 Å². The first-order valence-corrected chi connectivity index (χ1v) is 4.39. The van der Waals surface area contributed by atoms with Gasteiger partial charge in [0.05, 0.1) is 0 Å². The summed E-state index contributed by atoms with van der Waals surface area (Å²) in [5.41, 5.74) is 0.933. The van der Waals surface area contributed by atoms with E-state index in [2.05, 4.69) is 0 Å². The summed E-state index contributed by atoms with van der Waals surface area (Å²) >= 11 is 11.4. The van der Waals surface area contributed by atoms with Crippen LogP contribution in [0.4, 0.5) is 0 Å². The van der Waals surface area contributed by atoms with E-state index in [4.69, 9.17) is 23.2 Å². The lowest BCUT2D eigenvalue weighted by Gasteiger charge is -2.13. The van der Waals surface area contributed by atoms with E-state index in [0.29, 0.717) is 11.4 Å². The van der Waals surface area contributed by atoms with Gasteiger partial charge in [0.1, 0.15) is 5.06 Å². The quantitative estimate of drug-likeness (QED) is 0.736. The Morgan fingerprint density at radius 3 is 2.67 bits per heavy atom. The van der Waals surface area contributed by atoms with Gasteiger partial charge in [-0.05, 0) is 24.6 Å². The van der Waals surface area contributed by atoms with Gasteiger partial charge < -0.3 is 5.11 Å². The minimum absolute atomic E-state index is 0.398. The molecular weight excluding hydrogens is 195 g/mol. The molecule has 0 aliphatic carbocycles. The fourth-order valence-corrected chi connectivity index (χ4v) is 1.39. The summed E-state index contributed by atoms with van der Waals surface area (Å²) in [4.78, 5) is 0. The predicted molar refractivity (Wildman–Crippen MR) is 51.6 cm³/mol. The minimum Gasteiger partial charge on any atom is -0.375 e. The van der Waals surface area contributed by atoms with Gasteiger partial charge in [-0.3, -0.25) is 0 Å². The lowest BCUT2D eigenvalue weighted by Crippen LogP contribution is -2.18. The molecule has 1 unspecified atom stereocenters. The van der Waals surface area contributed by atoms with Crippen LogP contribution in [0.25, 0.3) is 0 Å². The molecule has 12 heavy (non-hydrogen) atoms. The lowest BCUT2D eigenvalue weighted by atomic mass is 10.1. The summed E-state index contributed by atoms with van der Waals surface area (Å²) in [6, 6.07) is 7.29. The zero-order chi connectivity index (χ0) is 9.19. The highest BCUT2D eigenvalue weighted by Gasteiger charge is 2.15. The van der Waals surface area contributed by atoms with Gasteiger partial charge in [-0.25, -0.2) is 0 Å². The van der Waals surface area contributed by atoms with Crippen LogP contribution in [-0.4, -0.2) is 10.2 Å². The second kappa shape index (κ2) is 3.65. The third kappa shape index (κ3) is 3.44. The predicted octanol–water partition coefficient (Wildman–Crippen LogP) is 2.83. The van der Waals surface area contributed by atoms with Crippen LogP contribution >= 0.6 is 23.2 Å². The fraction of sp³-hybridized carbons (Fsp3) is 0.333. The molecule has 66 valence electrons. The summed E-state index contributed by atoms with van der Waals surface area (Å²) in [6.07, 6.45) is 0.398. The first kappa shape index (κ1) is 9.85. The maximum absolute atomic E-state index is 9.28. The first-order valence-electron chi connectivity index (χ1n) is 3.63. The number of halogens is 2. The molecule has 0 aromatic heterocycles. The van der Waals surface area contributed by atoms with Crippen molar-refractivity contribution in [3.8, 4) is 0 Å². The third-order valence-electron chi connectivity index (χ3n) is 1.42. The summed E-state index contributed by atoms with van der Waals surface area (Å²) < 4.78 is 0. The standard InChI is InChI=1S/C9H10Cl2O/c1-9(11,12)6-7-3-2-4-8(10)5-7/h2-5,12H,6H2,1H3. The summed E-state index contributed by atoms with van der Waals surface area (Å²) in [7, 11) is 0. The van der Waals surface area contributed by atoms with Gasteiger partial charge in [-0.2, -0.15) is 0 Å². The van der Waals surface area contributed by atoms with Crippen LogP contribution in [0.5, 0.6) is 0 Å². The molecular formula is C9H10Cl2O. The van der Waals surface area contributed by atoms with Crippen molar-refractivity contribution in [2.24, 2.45) is 0 Å². The molecule has 1 nitrogen and oxygen atoms in total. The van der Waals surface area contributed by atoms with Crippen LogP contribution < -0.4 is 0 Å². The Bertz CT molecular complexity index is 265. The molecule has 0 amide bonds. The molecule has 0 aliphatic heterocycles. The van der Waals surface area contributed by atoms with Crippen molar-refractivity contribution in [3.05, 3.63) is 34.9 Å². The van der Waals surface area contributed by atoms with Gasteiger partial charge in [0.15, 0.2) is 0 Å². The Balaban J connectivity index is 2.77. The first-order chi connectivity index (χ1) is 5.47. The van der Waals surface area contributed by atoms with E-state index in [9.17, 15) is 5.11 Å². The molecule has 0 spiro atoms. The Hall–Kier alpha value is -0.240. The largest absolute Gasteiger partial charge is 0.375 e. The Morgan fingerprint density at radius 2 is 2.17 bits per heavy atom. The van der Waals surface area contributed by atoms with Gasteiger partial charge in [0, 0.05) is 11.4 Å². The maximum atomic E-state index is 9.28. The highest BCUT2D eigenvalue weighted by molar-refractivity contribution is 6.30. The van der Waals surface area contributed by atoms with Crippen molar-refractivity contribution in [2.75, 3.05) is 0 Å². The number of hydrogen-bond donors (Lipinski definition) is 1. The average Bonchev–Trinajstić information content (AvgIpc) is 1.82. The molecule has 0 heterocycles. The normalized spacial score (nSPS) is 15.7. The highest BCUT2D eigenvalue weighted by Crippen LogP contribution is 2.19. The van der Waals surface area contributed by atoms with Gasteiger partial charge in [-0.15, -0.1) is 0 Å². The van der Waals surface area contributed by atoms with E-state index in [1.54, 1.807) is 19.1 Å². The van der Waals surface area contributed by atoms with Crippen molar-refractivity contribution >= 4 is 23.2 Å². The number of hydrogen-bond acceptors (Lipinski definition) is 1. The average molecular weight is 205 g/mol. The van der Waals surface area contributed by atoms with Crippen LogP contribution in [0.15, 0.2) is 24.3 Å². The Morgan fingerprint density at radius 1 is 1.50 bits per heavy atom. The SMILES string of the molecule is CC(O)(Cl)Cc1cccc(Cl)c1. The molecule has 0 saturated carbocycles. The zero-order valence-electron chi connectivity index (χ0n) is 6.72. The van der Waals surface area contributed by atoms with Crippen LogP contribution in [0.3, 0.4) is 0 Å². The number of aliphatic hydroxyl groups is 1. The smallest absolute Gasteiger partial charge is 0.139 e. The van der Waals surface area contributed by atoms with Gasteiger partial charge >= 0.3 is 0 Å². The molecule has 3 heteroatoms. The van der Waals surface area contributed by atoms with E-state index in [1.165, 1.54) is 0 Å². The molecule has 1 rings (SSSR count). The molecule has 1 aromatic rings. The van der Waals surface area contributed by atoms with Crippen LogP contribution in [-0.2, 0) is 6.42 Å². The summed E-state index contributed by atoms with van der Waals surface area (Å²) in [6.45, 7) is 1.55. The molecule has 0 radical (unpaired) electrons. The maximum Gasteiger partial charge on any atom is 0.139 e. The van der Waals surface area contributed by atoms with E-state index in [1.807, 2.05) is 12.1 Å². The summed E-state index contributed by atoms with van der Waals surface area (Å²) in [5.74, 6) is 0. The van der Waals surface area contributed by atoms with Crippen molar-refractivity contribution < 1.29 is 5.11 Å². The van der Waals surface area contributed by atoms with Crippen LogP contribution in [0, 0.1) is 0 Å². The van der Waals surface area contributed by atoms with Crippen molar-refractivity contribution in [1.29, 1.82) is 0 Å². The van der Waals surface area contributed by atoms with E-state index >= 15 is 0 Å². The molecule has 1 atom stereocenters.